The van der Waals surface area contributed by atoms with Gasteiger partial charge in [0.25, 0.3) is 0 Å². The number of anilines is 1. The molecule has 0 saturated carbocycles. The number of amidine groups is 1. The Kier molecular flexibility index (Phi) is 5.54. The predicted molar refractivity (Wildman–Crippen MR) is 103 cm³/mol. The van der Waals surface area contributed by atoms with E-state index in [0.29, 0.717) is 12.1 Å². The van der Waals surface area contributed by atoms with Crippen molar-refractivity contribution in [2.24, 2.45) is 4.99 Å². The van der Waals surface area contributed by atoms with E-state index >= 15 is 0 Å². The lowest BCUT2D eigenvalue weighted by atomic mass is 10.1. The molecule has 6 heteroatoms. The van der Waals surface area contributed by atoms with Crippen molar-refractivity contribution in [2.75, 3.05) is 11.4 Å². The molecule has 1 heterocycles. The summed E-state index contributed by atoms with van der Waals surface area (Å²) in [6, 6.07) is 15.8. The van der Waals surface area contributed by atoms with Crippen molar-refractivity contribution in [3.05, 3.63) is 78.0 Å². The molecule has 1 aliphatic rings. The van der Waals surface area contributed by atoms with Gasteiger partial charge in [-0.15, -0.1) is 0 Å². The van der Waals surface area contributed by atoms with Gasteiger partial charge >= 0.3 is 6.18 Å². The Hall–Kier alpha value is -2.76. The first kappa shape index (κ1) is 19.0. The highest BCUT2D eigenvalue weighted by Crippen LogP contribution is 2.26. The van der Waals surface area contributed by atoms with Crippen molar-refractivity contribution in [3.8, 4) is 0 Å². The molecular weight excluding hydrogens is 351 g/mol. The largest absolute Gasteiger partial charge is 0.410 e. The zero-order chi connectivity index (χ0) is 19.4. The maximum atomic E-state index is 12.8. The minimum absolute atomic E-state index is 0.284. The second-order valence-electron chi connectivity index (χ2n) is 6.47. The number of nitrogens with zero attached hydrogens (tertiary/aromatic N) is 2. The number of nitrogens with one attached hydrogen (secondary N) is 1. The molecule has 3 rings (SSSR count). The smallest absolute Gasteiger partial charge is 0.357 e. The summed E-state index contributed by atoms with van der Waals surface area (Å²) in [6.07, 6.45) is -3.49. The molecule has 2 aromatic carbocycles. The summed E-state index contributed by atoms with van der Waals surface area (Å²) in [5.74, 6) is 0.285. The second kappa shape index (κ2) is 7.86. The number of halogens is 3. The van der Waals surface area contributed by atoms with Gasteiger partial charge in [0.2, 0.25) is 0 Å². The van der Waals surface area contributed by atoms with Crippen molar-refractivity contribution in [2.45, 2.75) is 32.1 Å². The predicted octanol–water partition coefficient (Wildman–Crippen LogP) is 4.90. The van der Waals surface area contributed by atoms with Crippen LogP contribution in [0.25, 0.3) is 0 Å². The zero-order valence-electron chi connectivity index (χ0n) is 15.1. The van der Waals surface area contributed by atoms with Crippen LogP contribution in [0.2, 0.25) is 0 Å². The van der Waals surface area contributed by atoms with E-state index in [2.05, 4.69) is 33.9 Å². The summed E-state index contributed by atoms with van der Waals surface area (Å²) < 4.78 is 38.4. The first-order valence-electron chi connectivity index (χ1n) is 8.86. The number of alkyl halides is 3. The zero-order valence-corrected chi connectivity index (χ0v) is 15.1. The lowest BCUT2D eigenvalue weighted by Gasteiger charge is -2.27. The van der Waals surface area contributed by atoms with Gasteiger partial charge in [-0.1, -0.05) is 43.8 Å². The molecule has 0 bridgehead atoms. The van der Waals surface area contributed by atoms with Gasteiger partial charge in [-0.25, -0.2) is 0 Å². The molecule has 0 amide bonds. The molecule has 1 N–H and O–H groups in total. The third kappa shape index (κ3) is 4.51. The van der Waals surface area contributed by atoms with Crippen LogP contribution in [-0.2, 0) is 6.54 Å². The number of benzene rings is 2. The van der Waals surface area contributed by atoms with E-state index < -0.39 is 12.2 Å². The first-order chi connectivity index (χ1) is 12.9. The van der Waals surface area contributed by atoms with Crippen molar-refractivity contribution in [1.82, 2.24) is 5.32 Å². The summed E-state index contributed by atoms with van der Waals surface area (Å²) in [5.41, 5.74) is 3.72. The first-order valence-corrected chi connectivity index (χ1v) is 8.86. The van der Waals surface area contributed by atoms with Gasteiger partial charge in [-0.2, -0.15) is 13.2 Å². The lowest BCUT2D eigenvalue weighted by Crippen LogP contribution is -2.42. The summed E-state index contributed by atoms with van der Waals surface area (Å²) in [4.78, 5) is 6.11. The molecule has 0 saturated heterocycles. The Morgan fingerprint density at radius 2 is 1.81 bits per heavy atom. The van der Waals surface area contributed by atoms with Gasteiger partial charge < -0.3 is 10.2 Å². The fourth-order valence-electron chi connectivity index (χ4n) is 2.94. The Morgan fingerprint density at radius 3 is 2.37 bits per heavy atom. The van der Waals surface area contributed by atoms with Crippen LogP contribution in [0.1, 0.15) is 24.5 Å². The highest BCUT2D eigenvalue weighted by Gasteiger charge is 2.42. The highest BCUT2D eigenvalue weighted by molar-refractivity contribution is 6.00. The van der Waals surface area contributed by atoms with Gasteiger partial charge in [0.05, 0.1) is 6.54 Å². The van der Waals surface area contributed by atoms with E-state index in [0.717, 1.165) is 23.4 Å². The van der Waals surface area contributed by atoms with Crippen LogP contribution >= 0.6 is 0 Å². The highest BCUT2D eigenvalue weighted by atomic mass is 19.4. The summed E-state index contributed by atoms with van der Waals surface area (Å²) >= 11 is 0. The molecule has 0 radical (unpaired) electrons. The van der Waals surface area contributed by atoms with Gasteiger partial charge in [-0.3, -0.25) is 4.99 Å². The fourth-order valence-corrected chi connectivity index (χ4v) is 2.94. The standard InChI is InChI=1S/C21H22F3N3/c1-3-15(2)27(14-16-7-5-4-6-8-16)18-11-9-17(10-12-18)20-25-13-19(26-20)21(22,23)24/h4-12,19H,2-3,13-14H2,1H3,(H,25,26). The van der Waals surface area contributed by atoms with Crippen molar-refractivity contribution >= 4 is 11.5 Å². The molecule has 0 aromatic heterocycles. The van der Waals surface area contributed by atoms with Gasteiger partial charge in [-0.05, 0) is 36.2 Å². The quantitative estimate of drug-likeness (QED) is 0.780. The van der Waals surface area contributed by atoms with E-state index in [9.17, 15) is 13.2 Å². The molecule has 0 spiro atoms. The van der Waals surface area contributed by atoms with Crippen molar-refractivity contribution < 1.29 is 13.2 Å². The van der Waals surface area contributed by atoms with Crippen LogP contribution in [0.15, 0.2) is 71.9 Å². The molecule has 27 heavy (non-hydrogen) atoms. The van der Waals surface area contributed by atoms with Gasteiger partial charge in [0.15, 0.2) is 0 Å². The number of aliphatic imine (C=N–C) groups is 1. The van der Waals surface area contributed by atoms with E-state index in [1.54, 1.807) is 12.1 Å². The minimum atomic E-state index is -4.30. The van der Waals surface area contributed by atoms with Crippen LogP contribution in [0, 0.1) is 0 Å². The van der Waals surface area contributed by atoms with E-state index in [-0.39, 0.29) is 12.4 Å². The SMILES string of the molecule is C=C(CC)N(Cc1ccccc1)c1ccc(C2=NCC(C(F)(F)F)N2)cc1. The average molecular weight is 373 g/mol. The van der Waals surface area contributed by atoms with Crippen molar-refractivity contribution in [3.63, 3.8) is 0 Å². The van der Waals surface area contributed by atoms with E-state index in [4.69, 9.17) is 0 Å². The minimum Gasteiger partial charge on any atom is -0.357 e. The van der Waals surface area contributed by atoms with Crippen LogP contribution in [-0.4, -0.2) is 24.6 Å². The number of hydrogen-bond donors (Lipinski definition) is 1. The summed E-state index contributed by atoms with van der Waals surface area (Å²) in [5, 5.41) is 2.46. The second-order valence-corrected chi connectivity index (χ2v) is 6.47. The molecule has 0 fully saturated rings. The topological polar surface area (TPSA) is 27.6 Å². The maximum absolute atomic E-state index is 12.8. The molecule has 2 aromatic rings. The molecule has 142 valence electrons. The monoisotopic (exact) mass is 373 g/mol. The van der Waals surface area contributed by atoms with Gasteiger partial charge in [0, 0.05) is 23.5 Å². The third-order valence-corrected chi connectivity index (χ3v) is 4.56. The molecule has 3 nitrogen and oxygen atoms in total. The number of rotatable bonds is 6. The van der Waals surface area contributed by atoms with Crippen LogP contribution in [0.3, 0.4) is 0 Å². The average Bonchev–Trinajstić information content (AvgIpc) is 3.17. The van der Waals surface area contributed by atoms with Crippen LogP contribution in [0.4, 0.5) is 18.9 Å². The van der Waals surface area contributed by atoms with Crippen LogP contribution in [0.5, 0.6) is 0 Å². The van der Waals surface area contributed by atoms with E-state index in [1.807, 2.05) is 37.3 Å². The third-order valence-electron chi connectivity index (χ3n) is 4.56. The number of hydrogen-bond acceptors (Lipinski definition) is 3. The molecule has 1 aliphatic heterocycles. The van der Waals surface area contributed by atoms with Crippen molar-refractivity contribution in [1.29, 1.82) is 0 Å². The lowest BCUT2D eigenvalue weighted by molar-refractivity contribution is -0.147. The summed E-state index contributed by atoms with van der Waals surface area (Å²) in [7, 11) is 0. The Labute approximate surface area is 157 Å². The van der Waals surface area contributed by atoms with E-state index in [1.165, 1.54) is 0 Å². The van der Waals surface area contributed by atoms with Gasteiger partial charge in [0.1, 0.15) is 11.9 Å². The number of allylic oxidation sites excluding steroid dienone is 1. The molecule has 1 atom stereocenters. The fraction of sp³-hybridized carbons (Fsp3) is 0.286. The Balaban J connectivity index is 1.77. The maximum Gasteiger partial charge on any atom is 0.410 e. The molecule has 1 unspecified atom stereocenters. The molecule has 0 aliphatic carbocycles. The van der Waals surface area contributed by atoms with Crippen LogP contribution < -0.4 is 10.2 Å². The Morgan fingerprint density at radius 1 is 1.15 bits per heavy atom. The molecular formula is C21H22F3N3. The Bertz CT molecular complexity index is 811. The normalized spacial score (nSPS) is 16.6. The summed E-state index contributed by atoms with van der Waals surface area (Å²) in [6.45, 7) is 6.59.